The number of unbranched alkanes of at least 4 members (excludes halogenated alkanes) is 12. The molecule has 0 saturated carbocycles. The van der Waals surface area contributed by atoms with Crippen molar-refractivity contribution >= 4 is 0 Å². The molecule has 0 N–H and O–H groups in total. The van der Waals surface area contributed by atoms with Crippen LogP contribution in [0.15, 0.2) is 0 Å². The molecule has 0 aliphatic rings. The van der Waals surface area contributed by atoms with E-state index in [1.165, 1.54) is 96.3 Å². The van der Waals surface area contributed by atoms with Crippen LogP contribution in [-0.4, -0.2) is 0 Å². The van der Waals surface area contributed by atoms with Crippen LogP contribution in [0.4, 0.5) is 0 Å². The molecular formula is C20H41. The first-order valence-electron chi connectivity index (χ1n) is 9.47. The zero-order valence-corrected chi connectivity index (χ0v) is 14.8. The van der Waals surface area contributed by atoms with Gasteiger partial charge in [-0.25, -0.2) is 0 Å². The van der Waals surface area contributed by atoms with Gasteiger partial charge in [-0.2, -0.15) is 0 Å². The van der Waals surface area contributed by atoms with E-state index >= 15 is 0 Å². The summed E-state index contributed by atoms with van der Waals surface area (Å²) in [5, 5.41) is 0. The van der Waals surface area contributed by atoms with Crippen molar-refractivity contribution in [1.82, 2.24) is 0 Å². The molecule has 0 bridgehead atoms. The van der Waals surface area contributed by atoms with E-state index in [1.807, 2.05) is 0 Å². The van der Waals surface area contributed by atoms with Gasteiger partial charge in [-0.15, -0.1) is 0 Å². The van der Waals surface area contributed by atoms with Gasteiger partial charge in [0.25, 0.3) is 0 Å². The van der Waals surface area contributed by atoms with E-state index in [1.54, 1.807) is 0 Å². The van der Waals surface area contributed by atoms with Crippen LogP contribution >= 0.6 is 0 Å². The molecule has 1 radical (unpaired) electrons. The molecule has 0 aliphatic heterocycles. The maximum Gasteiger partial charge on any atom is -0.0328 e. The van der Waals surface area contributed by atoms with Crippen LogP contribution in [0, 0.1) is 12.3 Å². The summed E-state index contributed by atoms with van der Waals surface area (Å²) in [6, 6.07) is 0. The lowest BCUT2D eigenvalue weighted by Crippen LogP contribution is -2.09. The smallest absolute Gasteiger partial charge is 0.0328 e. The second-order valence-corrected chi connectivity index (χ2v) is 7.16. The molecule has 121 valence electrons. The Morgan fingerprint density at radius 1 is 0.600 bits per heavy atom. The predicted molar refractivity (Wildman–Crippen MR) is 94.1 cm³/mol. The largest absolute Gasteiger partial charge is 0.0654 e. The van der Waals surface area contributed by atoms with Crippen molar-refractivity contribution in [3.63, 3.8) is 0 Å². The highest BCUT2D eigenvalue weighted by molar-refractivity contribution is 4.74. The van der Waals surface area contributed by atoms with Gasteiger partial charge in [0.15, 0.2) is 0 Å². The Morgan fingerprint density at radius 2 is 0.950 bits per heavy atom. The quantitative estimate of drug-likeness (QED) is 0.269. The summed E-state index contributed by atoms with van der Waals surface area (Å²) in [5.74, 6) is 0. The van der Waals surface area contributed by atoms with Crippen LogP contribution in [-0.2, 0) is 0 Å². The maximum atomic E-state index is 4.28. The second kappa shape index (κ2) is 14.0. The Bertz CT molecular complexity index is 180. The van der Waals surface area contributed by atoms with Gasteiger partial charge in [-0.3, -0.25) is 0 Å². The highest BCUT2D eigenvalue weighted by atomic mass is 14.2. The molecule has 0 aliphatic carbocycles. The van der Waals surface area contributed by atoms with Gasteiger partial charge in [-0.05, 0) is 18.8 Å². The molecule has 0 spiro atoms. The topological polar surface area (TPSA) is 0 Å². The highest BCUT2D eigenvalue weighted by Gasteiger charge is 2.13. The molecule has 0 heterocycles. The summed E-state index contributed by atoms with van der Waals surface area (Å²) in [5.41, 5.74) is 0.331. The van der Waals surface area contributed by atoms with Crippen molar-refractivity contribution in [2.75, 3.05) is 0 Å². The second-order valence-electron chi connectivity index (χ2n) is 7.16. The number of rotatable bonds is 15. The SMILES string of the molecule is [CH2]C(C)(CC)CCCCCCCCCCCCCCC. The number of hydrogen-bond acceptors (Lipinski definition) is 0. The average molecular weight is 282 g/mol. The van der Waals surface area contributed by atoms with Crippen LogP contribution in [0.2, 0.25) is 0 Å². The lowest BCUT2D eigenvalue weighted by Gasteiger charge is -2.21. The predicted octanol–water partition coefficient (Wildman–Crippen LogP) is 7.72. The van der Waals surface area contributed by atoms with E-state index in [2.05, 4.69) is 27.7 Å². The average Bonchev–Trinajstić information content (AvgIpc) is 2.44. The fourth-order valence-electron chi connectivity index (χ4n) is 2.75. The molecular weight excluding hydrogens is 240 g/mol. The highest BCUT2D eigenvalue weighted by Crippen LogP contribution is 2.26. The summed E-state index contributed by atoms with van der Waals surface area (Å²) in [6.07, 6.45) is 21.3. The van der Waals surface area contributed by atoms with E-state index < -0.39 is 0 Å². The van der Waals surface area contributed by atoms with E-state index in [0.29, 0.717) is 5.41 Å². The molecule has 1 unspecified atom stereocenters. The Kier molecular flexibility index (Phi) is 14.0. The third-order valence-corrected chi connectivity index (χ3v) is 4.74. The van der Waals surface area contributed by atoms with Gasteiger partial charge in [0.2, 0.25) is 0 Å². The van der Waals surface area contributed by atoms with Crippen molar-refractivity contribution in [3.8, 4) is 0 Å². The molecule has 0 nitrogen and oxygen atoms in total. The molecule has 0 aromatic rings. The van der Waals surface area contributed by atoms with E-state index in [9.17, 15) is 0 Å². The summed E-state index contributed by atoms with van der Waals surface area (Å²) in [4.78, 5) is 0. The summed E-state index contributed by atoms with van der Waals surface area (Å²) in [6.45, 7) is 11.1. The molecule has 20 heavy (non-hydrogen) atoms. The first kappa shape index (κ1) is 20.0. The minimum Gasteiger partial charge on any atom is -0.0654 e. The Labute approximate surface area is 130 Å². The van der Waals surface area contributed by atoms with Crippen molar-refractivity contribution in [1.29, 1.82) is 0 Å². The van der Waals surface area contributed by atoms with Crippen molar-refractivity contribution < 1.29 is 0 Å². The molecule has 0 rings (SSSR count). The van der Waals surface area contributed by atoms with Gasteiger partial charge in [0.1, 0.15) is 0 Å². The summed E-state index contributed by atoms with van der Waals surface area (Å²) >= 11 is 0. The third kappa shape index (κ3) is 14.4. The Balaban J connectivity index is 3.06. The standard InChI is InChI=1S/C20H41/c1-5-7-8-9-10-11-12-13-14-15-16-17-18-19-20(3,4)6-2/h3,5-19H2,1-2,4H3. The first-order chi connectivity index (χ1) is 9.62. The molecule has 0 amide bonds. The molecule has 0 fully saturated rings. The Hall–Kier alpha value is 0. The Morgan fingerprint density at radius 3 is 1.30 bits per heavy atom. The fraction of sp³-hybridized carbons (Fsp3) is 0.950. The summed E-state index contributed by atoms with van der Waals surface area (Å²) in [7, 11) is 0. The zero-order chi connectivity index (χ0) is 15.1. The van der Waals surface area contributed by atoms with E-state index in [-0.39, 0.29) is 0 Å². The van der Waals surface area contributed by atoms with Crippen LogP contribution in [0.5, 0.6) is 0 Å². The van der Waals surface area contributed by atoms with Crippen molar-refractivity contribution in [2.45, 2.75) is 117 Å². The van der Waals surface area contributed by atoms with Gasteiger partial charge in [-0.1, -0.05) is 111 Å². The normalized spacial score (nSPS) is 12.0. The van der Waals surface area contributed by atoms with Gasteiger partial charge in [0.05, 0.1) is 0 Å². The van der Waals surface area contributed by atoms with Gasteiger partial charge in [0, 0.05) is 0 Å². The fourth-order valence-corrected chi connectivity index (χ4v) is 2.75. The maximum absolute atomic E-state index is 4.28. The minimum atomic E-state index is 0.331. The van der Waals surface area contributed by atoms with Crippen LogP contribution in [0.25, 0.3) is 0 Å². The van der Waals surface area contributed by atoms with Crippen molar-refractivity contribution in [2.24, 2.45) is 5.41 Å². The lowest BCUT2D eigenvalue weighted by molar-refractivity contribution is 0.352. The lowest BCUT2D eigenvalue weighted by atomic mass is 9.84. The monoisotopic (exact) mass is 281 g/mol. The summed E-state index contributed by atoms with van der Waals surface area (Å²) < 4.78 is 0. The van der Waals surface area contributed by atoms with E-state index in [0.717, 1.165) is 0 Å². The molecule has 0 aromatic heterocycles. The van der Waals surface area contributed by atoms with Crippen LogP contribution in [0.1, 0.15) is 117 Å². The third-order valence-electron chi connectivity index (χ3n) is 4.74. The molecule has 0 heteroatoms. The van der Waals surface area contributed by atoms with Crippen LogP contribution in [0.3, 0.4) is 0 Å². The zero-order valence-electron chi connectivity index (χ0n) is 14.8. The molecule has 1 atom stereocenters. The molecule has 0 aromatic carbocycles. The molecule has 0 saturated heterocycles. The number of hydrogen-bond donors (Lipinski definition) is 0. The minimum absolute atomic E-state index is 0.331. The van der Waals surface area contributed by atoms with Crippen LogP contribution < -0.4 is 0 Å². The van der Waals surface area contributed by atoms with Gasteiger partial charge < -0.3 is 0 Å². The van der Waals surface area contributed by atoms with Gasteiger partial charge >= 0.3 is 0 Å². The van der Waals surface area contributed by atoms with E-state index in [4.69, 9.17) is 0 Å². The van der Waals surface area contributed by atoms with Crippen molar-refractivity contribution in [3.05, 3.63) is 6.92 Å². The first-order valence-corrected chi connectivity index (χ1v) is 9.47.